The number of benzene rings is 1. The van der Waals surface area contributed by atoms with Crippen LogP contribution in [0.25, 0.3) is 10.2 Å². The first kappa shape index (κ1) is 18.1. The minimum Gasteiger partial charge on any atom is -0.225 e. The quantitative estimate of drug-likeness (QED) is 0.426. The van der Waals surface area contributed by atoms with Crippen molar-refractivity contribution in [2.24, 2.45) is 0 Å². The van der Waals surface area contributed by atoms with Crippen LogP contribution in [0.4, 0.5) is 0 Å². The molecule has 1 aromatic heterocycles. The zero-order chi connectivity index (χ0) is 16.5. The van der Waals surface area contributed by atoms with Gasteiger partial charge < -0.3 is 0 Å². The normalized spacial score (nSPS) is 12.4. The first-order valence-corrected chi connectivity index (χ1v) is 10.8. The molecule has 0 radical (unpaired) electrons. The van der Waals surface area contributed by atoms with Crippen LogP contribution in [0.5, 0.6) is 0 Å². The standard InChI is InChI=1S/C18H25NO2S2/c1-2-3-4-5-6-7-8-9-12-15-23(20,21)18-19-16-13-10-11-14-17(16)22-18/h7-8,10-11,13-14H,2-6,9,12,15H2,1H3/b8-7-. The van der Waals surface area contributed by atoms with Crippen molar-refractivity contribution in [3.05, 3.63) is 36.4 Å². The van der Waals surface area contributed by atoms with Gasteiger partial charge in [0.2, 0.25) is 14.2 Å². The van der Waals surface area contributed by atoms with Crippen molar-refractivity contribution in [2.45, 2.75) is 56.2 Å². The Bertz CT molecular complexity index is 699. The van der Waals surface area contributed by atoms with Crippen LogP contribution >= 0.6 is 11.3 Å². The van der Waals surface area contributed by atoms with Gasteiger partial charge in [-0.1, -0.05) is 50.5 Å². The maximum absolute atomic E-state index is 12.3. The molecule has 0 aliphatic heterocycles. The first-order chi connectivity index (χ1) is 11.1. The largest absolute Gasteiger partial charge is 0.225 e. The van der Waals surface area contributed by atoms with E-state index in [2.05, 4.69) is 24.1 Å². The summed E-state index contributed by atoms with van der Waals surface area (Å²) in [6.45, 7) is 2.21. The minimum absolute atomic E-state index is 0.174. The zero-order valence-electron chi connectivity index (χ0n) is 13.7. The number of sulfone groups is 1. The highest BCUT2D eigenvalue weighted by molar-refractivity contribution is 7.93. The van der Waals surface area contributed by atoms with Crippen molar-refractivity contribution >= 4 is 31.4 Å². The fraction of sp³-hybridized carbons (Fsp3) is 0.500. The Morgan fingerprint density at radius 2 is 1.78 bits per heavy atom. The van der Waals surface area contributed by atoms with Gasteiger partial charge in [0.05, 0.1) is 16.0 Å². The lowest BCUT2D eigenvalue weighted by Gasteiger charge is -1.98. The van der Waals surface area contributed by atoms with Crippen molar-refractivity contribution in [3.63, 3.8) is 0 Å². The summed E-state index contributed by atoms with van der Waals surface area (Å²) in [7, 11) is -3.25. The van der Waals surface area contributed by atoms with Gasteiger partial charge >= 0.3 is 0 Å². The van der Waals surface area contributed by atoms with E-state index in [4.69, 9.17) is 0 Å². The van der Waals surface area contributed by atoms with Crippen molar-refractivity contribution in [3.8, 4) is 0 Å². The first-order valence-electron chi connectivity index (χ1n) is 8.37. The van der Waals surface area contributed by atoms with Gasteiger partial charge in [0, 0.05) is 0 Å². The second kappa shape index (κ2) is 9.18. The van der Waals surface area contributed by atoms with Gasteiger partial charge in [-0.05, 0) is 37.8 Å². The van der Waals surface area contributed by atoms with E-state index in [1.165, 1.54) is 37.0 Å². The third kappa shape index (κ3) is 5.74. The van der Waals surface area contributed by atoms with Crippen LogP contribution in [0.15, 0.2) is 40.8 Å². The Morgan fingerprint density at radius 3 is 2.52 bits per heavy atom. The lowest BCUT2D eigenvalue weighted by atomic mass is 10.1. The summed E-state index contributed by atoms with van der Waals surface area (Å²) in [5.41, 5.74) is 0.767. The molecule has 2 rings (SSSR count). The van der Waals surface area contributed by atoms with Crippen LogP contribution in [0.3, 0.4) is 0 Å². The van der Waals surface area contributed by atoms with Gasteiger partial charge in [0.1, 0.15) is 0 Å². The molecule has 1 aromatic carbocycles. The van der Waals surface area contributed by atoms with Gasteiger partial charge in [-0.15, -0.1) is 11.3 Å². The number of allylic oxidation sites excluding steroid dienone is 2. The average molecular weight is 352 g/mol. The summed E-state index contributed by atoms with van der Waals surface area (Å²) in [5.74, 6) is 0.174. The molecule has 23 heavy (non-hydrogen) atoms. The lowest BCUT2D eigenvalue weighted by molar-refractivity contribution is 0.593. The molecule has 2 aromatic rings. The number of hydrogen-bond acceptors (Lipinski definition) is 4. The van der Waals surface area contributed by atoms with Crippen molar-refractivity contribution in [1.29, 1.82) is 0 Å². The predicted molar refractivity (Wildman–Crippen MR) is 98.8 cm³/mol. The van der Waals surface area contributed by atoms with Gasteiger partial charge in [-0.2, -0.15) is 0 Å². The molecule has 0 N–H and O–H groups in total. The van der Waals surface area contributed by atoms with Crippen molar-refractivity contribution < 1.29 is 8.42 Å². The molecule has 1 heterocycles. The van der Waals surface area contributed by atoms with E-state index in [9.17, 15) is 8.42 Å². The molecule has 0 saturated carbocycles. The Morgan fingerprint density at radius 1 is 1.04 bits per heavy atom. The average Bonchev–Trinajstić information content (AvgIpc) is 2.98. The third-order valence-electron chi connectivity index (χ3n) is 3.72. The highest BCUT2D eigenvalue weighted by atomic mass is 32.2. The summed E-state index contributed by atoms with van der Waals surface area (Å²) in [6, 6.07) is 7.55. The van der Waals surface area contributed by atoms with E-state index < -0.39 is 9.84 Å². The number of rotatable bonds is 10. The number of para-hydroxylation sites is 1. The predicted octanol–water partition coefficient (Wildman–Crippen LogP) is 5.38. The molecule has 0 unspecified atom stereocenters. The topological polar surface area (TPSA) is 47.0 Å². The molecule has 0 spiro atoms. The van der Waals surface area contributed by atoms with E-state index in [1.807, 2.05) is 24.3 Å². The number of aromatic nitrogens is 1. The molecule has 126 valence electrons. The van der Waals surface area contributed by atoms with E-state index in [1.54, 1.807) is 0 Å². The summed E-state index contributed by atoms with van der Waals surface area (Å²) in [6.07, 6.45) is 11.9. The van der Waals surface area contributed by atoms with E-state index in [-0.39, 0.29) is 10.1 Å². The SMILES string of the molecule is CCCCCC/C=C\CCCS(=O)(=O)c1nc2ccccc2s1. The molecule has 0 bridgehead atoms. The zero-order valence-corrected chi connectivity index (χ0v) is 15.3. The highest BCUT2D eigenvalue weighted by Crippen LogP contribution is 2.26. The smallest absolute Gasteiger partial charge is 0.210 e. The molecule has 5 heteroatoms. The number of hydrogen-bond donors (Lipinski definition) is 0. The number of nitrogens with zero attached hydrogens (tertiary/aromatic N) is 1. The van der Waals surface area contributed by atoms with E-state index >= 15 is 0 Å². The van der Waals surface area contributed by atoms with Gasteiger partial charge in [-0.25, -0.2) is 13.4 Å². The monoisotopic (exact) mass is 351 g/mol. The Balaban J connectivity index is 1.77. The van der Waals surface area contributed by atoms with Crippen LogP contribution in [0.1, 0.15) is 51.9 Å². The third-order valence-corrected chi connectivity index (χ3v) is 7.01. The summed E-state index contributed by atoms with van der Waals surface area (Å²) in [5, 5.41) is 0. The molecule has 0 aliphatic carbocycles. The Hall–Kier alpha value is -1.20. The fourth-order valence-corrected chi connectivity index (χ4v) is 5.07. The summed E-state index contributed by atoms with van der Waals surface area (Å²) in [4.78, 5) is 4.25. The highest BCUT2D eigenvalue weighted by Gasteiger charge is 2.18. The molecule has 3 nitrogen and oxygen atoms in total. The Kier molecular flexibility index (Phi) is 7.24. The van der Waals surface area contributed by atoms with Crippen LogP contribution in [0.2, 0.25) is 0 Å². The van der Waals surface area contributed by atoms with Crippen LogP contribution in [0, 0.1) is 0 Å². The van der Waals surface area contributed by atoms with Crippen LogP contribution in [-0.2, 0) is 9.84 Å². The molecule has 0 amide bonds. The molecular formula is C18H25NO2S2. The fourth-order valence-electron chi connectivity index (χ4n) is 2.39. The summed E-state index contributed by atoms with van der Waals surface area (Å²) < 4.78 is 25.8. The summed E-state index contributed by atoms with van der Waals surface area (Å²) >= 11 is 1.27. The molecular weight excluding hydrogens is 326 g/mol. The van der Waals surface area contributed by atoms with Crippen LogP contribution < -0.4 is 0 Å². The minimum atomic E-state index is -3.25. The van der Waals surface area contributed by atoms with Crippen molar-refractivity contribution in [2.75, 3.05) is 5.75 Å². The number of thiazole rings is 1. The van der Waals surface area contributed by atoms with Gasteiger partial charge in [0.25, 0.3) is 0 Å². The second-order valence-corrected chi connectivity index (χ2v) is 9.04. The van der Waals surface area contributed by atoms with Crippen molar-refractivity contribution in [1.82, 2.24) is 4.98 Å². The lowest BCUT2D eigenvalue weighted by Crippen LogP contribution is -2.05. The maximum atomic E-state index is 12.3. The maximum Gasteiger partial charge on any atom is 0.210 e. The molecule has 0 saturated heterocycles. The second-order valence-electron chi connectivity index (χ2n) is 5.73. The molecule has 0 fully saturated rings. The van der Waals surface area contributed by atoms with Gasteiger partial charge in [-0.3, -0.25) is 0 Å². The van der Waals surface area contributed by atoms with Gasteiger partial charge in [0.15, 0.2) is 0 Å². The van der Waals surface area contributed by atoms with Crippen LogP contribution in [-0.4, -0.2) is 19.2 Å². The Labute approximate surface area is 143 Å². The molecule has 0 atom stereocenters. The number of fused-ring (bicyclic) bond motifs is 1. The number of unbranched alkanes of at least 4 members (excludes halogenated alkanes) is 5. The van der Waals surface area contributed by atoms with E-state index in [0.29, 0.717) is 6.42 Å². The van der Waals surface area contributed by atoms with E-state index in [0.717, 1.165) is 23.1 Å². The molecule has 0 aliphatic rings.